The molecule has 2 aromatic heterocycles. The topological polar surface area (TPSA) is 67.2 Å². The van der Waals surface area contributed by atoms with E-state index in [1.165, 1.54) is 29.5 Å². The molecule has 0 unspecified atom stereocenters. The number of benzene rings is 2. The number of halogens is 2. The van der Waals surface area contributed by atoms with E-state index in [1.807, 2.05) is 24.8 Å². The van der Waals surface area contributed by atoms with Gasteiger partial charge in [0.15, 0.2) is 0 Å². The molecule has 5 rings (SSSR count). The minimum Gasteiger partial charge on any atom is -0.366 e. The van der Waals surface area contributed by atoms with Gasteiger partial charge in [-0.25, -0.2) is 18.4 Å². The average Bonchev–Trinajstić information content (AvgIpc) is 3.42. The van der Waals surface area contributed by atoms with Gasteiger partial charge in [0, 0.05) is 26.2 Å². The van der Waals surface area contributed by atoms with E-state index in [4.69, 9.17) is 0 Å². The standard InChI is InChI=1S/C24H22F2N6OS/c1-15-22(24(33)31-13-11-30(12-14-31)20-6-4-3-5-19(20)26)34-23(27-15)21-16(2)32(29-28-21)18-9-7-17(25)8-10-18/h3-10H,11-14H2,1-2H3. The van der Waals surface area contributed by atoms with Crippen LogP contribution in [0.5, 0.6) is 0 Å². The van der Waals surface area contributed by atoms with E-state index >= 15 is 0 Å². The van der Waals surface area contributed by atoms with E-state index in [0.717, 1.165) is 5.69 Å². The Kier molecular flexibility index (Phi) is 5.82. The molecule has 7 nitrogen and oxygen atoms in total. The van der Waals surface area contributed by atoms with Crippen LogP contribution in [0.3, 0.4) is 0 Å². The van der Waals surface area contributed by atoms with E-state index < -0.39 is 0 Å². The summed E-state index contributed by atoms with van der Waals surface area (Å²) in [7, 11) is 0. The molecular weight excluding hydrogens is 458 g/mol. The van der Waals surface area contributed by atoms with Crippen LogP contribution < -0.4 is 4.90 Å². The fourth-order valence-corrected chi connectivity index (χ4v) is 5.12. The number of carbonyl (C=O) groups excluding carboxylic acids is 1. The molecule has 0 bridgehead atoms. The second kappa shape index (κ2) is 8.94. The van der Waals surface area contributed by atoms with Crippen LogP contribution >= 0.6 is 11.3 Å². The van der Waals surface area contributed by atoms with Gasteiger partial charge in [0.1, 0.15) is 27.2 Å². The first-order valence-corrected chi connectivity index (χ1v) is 11.7. The van der Waals surface area contributed by atoms with Crippen molar-refractivity contribution < 1.29 is 13.6 Å². The Hall–Kier alpha value is -3.66. The van der Waals surface area contributed by atoms with Gasteiger partial charge in [-0.2, -0.15) is 0 Å². The van der Waals surface area contributed by atoms with Gasteiger partial charge in [0.25, 0.3) is 5.91 Å². The number of amides is 1. The summed E-state index contributed by atoms with van der Waals surface area (Å²) < 4.78 is 29.0. The number of carbonyl (C=O) groups is 1. The van der Waals surface area contributed by atoms with Gasteiger partial charge < -0.3 is 9.80 Å². The molecule has 3 heterocycles. The number of aryl methyl sites for hydroxylation is 1. The van der Waals surface area contributed by atoms with Crippen LogP contribution in [0.2, 0.25) is 0 Å². The lowest BCUT2D eigenvalue weighted by molar-refractivity contribution is 0.0750. The van der Waals surface area contributed by atoms with Gasteiger partial charge in [0.05, 0.1) is 22.8 Å². The van der Waals surface area contributed by atoms with E-state index in [9.17, 15) is 13.6 Å². The first-order chi connectivity index (χ1) is 16.4. The Morgan fingerprint density at radius 1 is 0.971 bits per heavy atom. The highest BCUT2D eigenvalue weighted by molar-refractivity contribution is 7.17. The lowest BCUT2D eigenvalue weighted by Gasteiger charge is -2.36. The zero-order valence-corrected chi connectivity index (χ0v) is 19.5. The summed E-state index contributed by atoms with van der Waals surface area (Å²) in [5, 5.41) is 9.06. The number of para-hydroxylation sites is 1. The van der Waals surface area contributed by atoms with Crippen LogP contribution in [-0.2, 0) is 0 Å². The minimum atomic E-state index is -0.324. The first-order valence-electron chi connectivity index (χ1n) is 10.9. The van der Waals surface area contributed by atoms with E-state index in [1.54, 1.807) is 33.8 Å². The number of thiazole rings is 1. The van der Waals surface area contributed by atoms with Crippen molar-refractivity contribution in [1.82, 2.24) is 24.9 Å². The Bertz CT molecular complexity index is 1340. The molecule has 0 atom stereocenters. The van der Waals surface area contributed by atoms with Gasteiger partial charge in [-0.3, -0.25) is 4.79 Å². The molecule has 1 aliphatic rings. The van der Waals surface area contributed by atoms with Crippen LogP contribution in [0.15, 0.2) is 48.5 Å². The highest BCUT2D eigenvalue weighted by Crippen LogP contribution is 2.31. The maximum Gasteiger partial charge on any atom is 0.265 e. The zero-order chi connectivity index (χ0) is 23.8. The number of piperazine rings is 1. The second-order valence-corrected chi connectivity index (χ2v) is 9.07. The van der Waals surface area contributed by atoms with Crippen molar-refractivity contribution in [1.29, 1.82) is 0 Å². The monoisotopic (exact) mass is 480 g/mol. The fourth-order valence-electron chi connectivity index (χ4n) is 4.05. The molecule has 1 saturated heterocycles. The Balaban J connectivity index is 1.33. The van der Waals surface area contributed by atoms with Crippen molar-refractivity contribution in [2.24, 2.45) is 0 Å². The van der Waals surface area contributed by atoms with E-state index in [2.05, 4.69) is 15.3 Å². The largest absolute Gasteiger partial charge is 0.366 e. The molecule has 4 aromatic rings. The summed E-state index contributed by atoms with van der Waals surface area (Å²) >= 11 is 1.29. The highest BCUT2D eigenvalue weighted by atomic mass is 32.1. The molecule has 1 amide bonds. The Morgan fingerprint density at radius 3 is 2.38 bits per heavy atom. The molecule has 10 heteroatoms. The number of anilines is 1. The molecule has 0 N–H and O–H groups in total. The van der Waals surface area contributed by atoms with Crippen molar-refractivity contribution in [3.8, 4) is 16.4 Å². The summed E-state index contributed by atoms with van der Waals surface area (Å²) in [6.07, 6.45) is 0. The van der Waals surface area contributed by atoms with Crippen molar-refractivity contribution in [3.05, 3.63) is 76.4 Å². The van der Waals surface area contributed by atoms with E-state index in [0.29, 0.717) is 58.8 Å². The number of nitrogens with zero attached hydrogens (tertiary/aromatic N) is 6. The number of rotatable bonds is 4. The fraction of sp³-hybridized carbons (Fsp3) is 0.250. The Labute approximate surface area is 199 Å². The minimum absolute atomic E-state index is 0.0852. The predicted octanol–water partition coefficient (Wildman–Crippen LogP) is 4.25. The zero-order valence-electron chi connectivity index (χ0n) is 18.7. The molecular formula is C24H22F2N6OS. The molecule has 34 heavy (non-hydrogen) atoms. The number of hydrogen-bond donors (Lipinski definition) is 0. The molecule has 1 fully saturated rings. The van der Waals surface area contributed by atoms with Crippen LogP contribution in [-0.4, -0.2) is 57.0 Å². The normalized spacial score (nSPS) is 14.0. The first kappa shape index (κ1) is 22.1. The summed E-state index contributed by atoms with van der Waals surface area (Å²) in [4.78, 5) is 22.1. The molecule has 2 aromatic carbocycles. The molecule has 1 aliphatic heterocycles. The molecule has 0 aliphatic carbocycles. The third kappa shape index (κ3) is 4.05. The average molecular weight is 481 g/mol. The van der Waals surface area contributed by atoms with Gasteiger partial charge in [-0.1, -0.05) is 17.3 Å². The lowest BCUT2D eigenvalue weighted by atomic mass is 10.2. The van der Waals surface area contributed by atoms with Gasteiger partial charge in [0.2, 0.25) is 0 Å². The van der Waals surface area contributed by atoms with Crippen molar-refractivity contribution in [2.45, 2.75) is 13.8 Å². The van der Waals surface area contributed by atoms with Crippen LogP contribution in [0.25, 0.3) is 16.4 Å². The smallest absolute Gasteiger partial charge is 0.265 e. The van der Waals surface area contributed by atoms with Gasteiger partial charge in [-0.15, -0.1) is 16.4 Å². The molecule has 174 valence electrons. The van der Waals surface area contributed by atoms with Gasteiger partial charge >= 0.3 is 0 Å². The van der Waals surface area contributed by atoms with Crippen molar-refractivity contribution in [2.75, 3.05) is 31.1 Å². The quantitative estimate of drug-likeness (QED) is 0.437. The number of aromatic nitrogens is 4. The molecule has 0 radical (unpaired) electrons. The van der Waals surface area contributed by atoms with Crippen LogP contribution in [0.4, 0.5) is 14.5 Å². The van der Waals surface area contributed by atoms with E-state index in [-0.39, 0.29) is 17.5 Å². The summed E-state index contributed by atoms with van der Waals surface area (Å²) in [6.45, 7) is 5.78. The predicted molar refractivity (Wildman–Crippen MR) is 126 cm³/mol. The van der Waals surface area contributed by atoms with Crippen molar-refractivity contribution in [3.63, 3.8) is 0 Å². The summed E-state index contributed by atoms with van der Waals surface area (Å²) in [5.41, 5.74) is 3.22. The third-order valence-corrected chi connectivity index (χ3v) is 7.07. The molecule has 0 spiro atoms. The highest BCUT2D eigenvalue weighted by Gasteiger charge is 2.27. The maximum atomic E-state index is 14.1. The third-order valence-electron chi connectivity index (χ3n) is 5.92. The SMILES string of the molecule is Cc1nc(-c2nnn(-c3ccc(F)cc3)c2C)sc1C(=O)N1CCN(c2ccccc2F)CC1. The molecule has 0 saturated carbocycles. The maximum absolute atomic E-state index is 14.1. The van der Waals surface area contributed by atoms with Gasteiger partial charge in [-0.05, 0) is 50.2 Å². The Morgan fingerprint density at radius 2 is 1.68 bits per heavy atom. The van der Waals surface area contributed by atoms with Crippen LogP contribution in [0.1, 0.15) is 21.1 Å². The summed E-state index contributed by atoms with van der Waals surface area (Å²) in [5.74, 6) is -0.664. The second-order valence-electron chi connectivity index (χ2n) is 8.08. The van der Waals surface area contributed by atoms with Crippen LogP contribution in [0, 0.1) is 25.5 Å². The summed E-state index contributed by atoms with van der Waals surface area (Å²) in [6, 6.07) is 12.7. The lowest BCUT2D eigenvalue weighted by Crippen LogP contribution is -2.49. The number of hydrogen-bond acceptors (Lipinski definition) is 6. The van der Waals surface area contributed by atoms with Crippen molar-refractivity contribution >= 4 is 22.9 Å².